The molecule has 0 spiro atoms. The Morgan fingerprint density at radius 3 is 2.19 bits per heavy atom. The number of esters is 1. The standard InChI is InChI=1S/C11H17F2NO2/c1-8(2,3)16-7(15)10-4-9(5-10,6-14)11(10,12)13/h4-6,14H2,1-3H3. The summed E-state index contributed by atoms with van der Waals surface area (Å²) >= 11 is 0. The molecule has 0 saturated heterocycles. The molecule has 0 aromatic carbocycles. The van der Waals surface area contributed by atoms with E-state index in [1.807, 2.05) is 0 Å². The lowest BCUT2D eigenvalue weighted by Gasteiger charge is -2.73. The fourth-order valence-electron chi connectivity index (χ4n) is 2.76. The van der Waals surface area contributed by atoms with Gasteiger partial charge < -0.3 is 10.5 Å². The van der Waals surface area contributed by atoms with Crippen LogP contribution in [0, 0.1) is 10.8 Å². The third-order valence-electron chi connectivity index (χ3n) is 3.73. The van der Waals surface area contributed by atoms with E-state index in [1.54, 1.807) is 20.8 Å². The minimum Gasteiger partial charge on any atom is -0.459 e. The van der Waals surface area contributed by atoms with Gasteiger partial charge in [-0.2, -0.15) is 0 Å². The summed E-state index contributed by atoms with van der Waals surface area (Å²) in [6.45, 7) is 4.96. The lowest BCUT2D eigenvalue weighted by molar-refractivity contribution is -0.395. The molecule has 3 rings (SSSR count). The molecular weight excluding hydrogens is 216 g/mol. The van der Waals surface area contributed by atoms with E-state index in [0.717, 1.165) is 0 Å². The van der Waals surface area contributed by atoms with Crippen LogP contribution in [0.1, 0.15) is 33.6 Å². The summed E-state index contributed by atoms with van der Waals surface area (Å²) in [7, 11) is 0. The predicted octanol–water partition coefficient (Wildman–Crippen LogP) is 1.70. The van der Waals surface area contributed by atoms with Crippen LogP contribution in [0.25, 0.3) is 0 Å². The molecule has 2 N–H and O–H groups in total. The molecule has 92 valence electrons. The van der Waals surface area contributed by atoms with Crippen molar-refractivity contribution in [3.63, 3.8) is 0 Å². The number of nitrogens with two attached hydrogens (primary N) is 1. The van der Waals surface area contributed by atoms with Gasteiger partial charge in [-0.05, 0) is 33.6 Å². The van der Waals surface area contributed by atoms with Crippen molar-refractivity contribution in [1.29, 1.82) is 0 Å². The summed E-state index contributed by atoms with van der Waals surface area (Å²) in [5, 5.41) is 0. The number of carbonyl (C=O) groups excluding carboxylic acids is 1. The van der Waals surface area contributed by atoms with Crippen molar-refractivity contribution >= 4 is 5.97 Å². The first-order valence-corrected chi connectivity index (χ1v) is 5.42. The average Bonchev–Trinajstić information content (AvgIpc) is 1.98. The number of ether oxygens (including phenoxy) is 1. The zero-order valence-corrected chi connectivity index (χ0v) is 9.77. The second-order valence-corrected chi connectivity index (χ2v) is 6.00. The van der Waals surface area contributed by atoms with E-state index in [9.17, 15) is 13.6 Å². The van der Waals surface area contributed by atoms with E-state index < -0.39 is 28.3 Å². The largest absolute Gasteiger partial charge is 0.459 e. The fraction of sp³-hybridized carbons (Fsp3) is 0.909. The highest BCUT2D eigenvalue weighted by Gasteiger charge is 2.91. The third kappa shape index (κ3) is 1.07. The van der Waals surface area contributed by atoms with Crippen molar-refractivity contribution < 1.29 is 18.3 Å². The van der Waals surface area contributed by atoms with E-state index in [4.69, 9.17) is 10.5 Å². The van der Waals surface area contributed by atoms with Gasteiger partial charge in [0.15, 0.2) is 0 Å². The van der Waals surface area contributed by atoms with Crippen molar-refractivity contribution in [2.24, 2.45) is 16.6 Å². The van der Waals surface area contributed by atoms with Gasteiger partial charge in [-0.25, -0.2) is 8.78 Å². The van der Waals surface area contributed by atoms with Crippen molar-refractivity contribution in [2.45, 2.75) is 45.1 Å². The molecule has 3 fully saturated rings. The Morgan fingerprint density at radius 2 is 1.88 bits per heavy atom. The molecule has 3 aliphatic carbocycles. The zero-order valence-electron chi connectivity index (χ0n) is 9.77. The van der Waals surface area contributed by atoms with E-state index in [2.05, 4.69) is 0 Å². The number of hydrogen-bond acceptors (Lipinski definition) is 3. The maximum atomic E-state index is 13.7. The second-order valence-electron chi connectivity index (χ2n) is 6.00. The van der Waals surface area contributed by atoms with Crippen LogP contribution in [0.2, 0.25) is 0 Å². The molecule has 0 aliphatic heterocycles. The number of hydrogen-bond donors (Lipinski definition) is 1. The van der Waals surface area contributed by atoms with Crippen molar-refractivity contribution in [1.82, 2.24) is 0 Å². The normalized spacial score (nSPS) is 39.6. The van der Waals surface area contributed by atoms with Crippen molar-refractivity contribution in [2.75, 3.05) is 6.54 Å². The third-order valence-corrected chi connectivity index (χ3v) is 3.73. The van der Waals surface area contributed by atoms with Crippen molar-refractivity contribution in [3.05, 3.63) is 0 Å². The van der Waals surface area contributed by atoms with Gasteiger partial charge in [-0.3, -0.25) is 4.79 Å². The highest BCUT2D eigenvalue weighted by Crippen LogP contribution is 2.81. The van der Waals surface area contributed by atoms with Gasteiger partial charge in [0.25, 0.3) is 5.92 Å². The summed E-state index contributed by atoms with van der Waals surface area (Å²) in [6.07, 6.45) is 0.330. The lowest BCUT2D eigenvalue weighted by Crippen LogP contribution is -2.83. The van der Waals surface area contributed by atoms with E-state index in [-0.39, 0.29) is 19.4 Å². The molecule has 0 aromatic heterocycles. The Bertz CT molecular complexity index is 340. The molecule has 3 aliphatic rings. The maximum absolute atomic E-state index is 13.7. The van der Waals surface area contributed by atoms with Crippen LogP contribution in [0.5, 0.6) is 0 Å². The summed E-state index contributed by atoms with van der Waals surface area (Å²) in [5.74, 6) is -3.77. The highest BCUT2D eigenvalue weighted by molar-refractivity contribution is 5.84. The Balaban J connectivity index is 2.12. The fourth-order valence-corrected chi connectivity index (χ4v) is 2.76. The topological polar surface area (TPSA) is 52.3 Å². The molecule has 0 amide bonds. The first kappa shape index (κ1) is 11.8. The molecule has 16 heavy (non-hydrogen) atoms. The summed E-state index contributed by atoms with van der Waals surface area (Å²) in [6, 6.07) is 0. The number of rotatable bonds is 2. The van der Waals surface area contributed by atoms with Crippen LogP contribution < -0.4 is 5.73 Å². The van der Waals surface area contributed by atoms with E-state index in [1.165, 1.54) is 0 Å². The Hall–Kier alpha value is -0.710. The van der Waals surface area contributed by atoms with Crippen LogP contribution in [0.4, 0.5) is 8.78 Å². The zero-order chi connectivity index (χ0) is 12.4. The monoisotopic (exact) mass is 233 g/mol. The quantitative estimate of drug-likeness (QED) is 0.738. The highest BCUT2D eigenvalue weighted by atomic mass is 19.3. The first-order chi connectivity index (χ1) is 7.10. The SMILES string of the molecule is CC(C)(C)OC(=O)C12CC(CN)(C1)C2(F)F. The molecular formula is C11H17F2NO2. The maximum Gasteiger partial charge on any atom is 0.318 e. The molecule has 0 aromatic rings. The van der Waals surface area contributed by atoms with Crippen LogP contribution in [-0.4, -0.2) is 24.0 Å². The summed E-state index contributed by atoms with van der Waals surface area (Å²) in [5.41, 5.74) is 1.89. The summed E-state index contributed by atoms with van der Waals surface area (Å²) in [4.78, 5) is 11.7. The Morgan fingerprint density at radius 1 is 1.38 bits per heavy atom. The predicted molar refractivity (Wildman–Crippen MR) is 53.9 cm³/mol. The minimum absolute atomic E-state index is 0.0649. The first-order valence-electron chi connectivity index (χ1n) is 5.42. The van der Waals surface area contributed by atoms with Gasteiger partial charge in [0.05, 0.1) is 5.41 Å². The van der Waals surface area contributed by atoms with Gasteiger partial charge >= 0.3 is 5.97 Å². The van der Waals surface area contributed by atoms with E-state index >= 15 is 0 Å². The molecule has 0 atom stereocenters. The number of carbonyl (C=O) groups is 1. The molecule has 3 saturated carbocycles. The van der Waals surface area contributed by atoms with Crippen LogP contribution in [0.15, 0.2) is 0 Å². The van der Waals surface area contributed by atoms with Gasteiger partial charge in [-0.1, -0.05) is 0 Å². The Labute approximate surface area is 93.3 Å². The molecule has 0 radical (unpaired) electrons. The second kappa shape index (κ2) is 2.75. The van der Waals surface area contributed by atoms with Gasteiger partial charge in [-0.15, -0.1) is 0 Å². The van der Waals surface area contributed by atoms with Crippen molar-refractivity contribution in [3.8, 4) is 0 Å². The van der Waals surface area contributed by atoms with E-state index in [0.29, 0.717) is 0 Å². The van der Waals surface area contributed by atoms with Crippen LogP contribution >= 0.6 is 0 Å². The molecule has 2 bridgehead atoms. The van der Waals surface area contributed by atoms with Crippen LogP contribution in [0.3, 0.4) is 0 Å². The van der Waals surface area contributed by atoms with Gasteiger partial charge in [0.2, 0.25) is 0 Å². The van der Waals surface area contributed by atoms with Gasteiger partial charge in [0, 0.05) is 6.54 Å². The lowest BCUT2D eigenvalue weighted by atomic mass is 9.32. The average molecular weight is 233 g/mol. The van der Waals surface area contributed by atoms with Crippen LogP contribution in [-0.2, 0) is 9.53 Å². The smallest absolute Gasteiger partial charge is 0.318 e. The number of halogens is 2. The molecule has 0 heterocycles. The number of alkyl halides is 2. The molecule has 0 unspecified atom stereocenters. The molecule has 5 heteroatoms. The molecule has 3 nitrogen and oxygen atoms in total. The van der Waals surface area contributed by atoms with Gasteiger partial charge in [0.1, 0.15) is 11.0 Å². The summed E-state index contributed by atoms with van der Waals surface area (Å²) < 4.78 is 32.5. The Kier molecular flexibility index (Phi) is 2.02. The minimum atomic E-state index is -2.99.